The highest BCUT2D eigenvalue weighted by molar-refractivity contribution is 6.04. The first-order chi connectivity index (χ1) is 11.4. The van der Waals surface area contributed by atoms with Crippen LogP contribution in [0.25, 0.3) is 10.9 Å². The van der Waals surface area contributed by atoms with Gasteiger partial charge in [0.2, 0.25) is 11.3 Å². The Hall–Kier alpha value is -2.63. The van der Waals surface area contributed by atoms with Gasteiger partial charge < -0.3 is 15.0 Å². The molecule has 1 aliphatic heterocycles. The molecule has 2 N–H and O–H groups in total. The number of hydrogen-bond donors (Lipinski definition) is 2. The van der Waals surface area contributed by atoms with E-state index in [0.717, 1.165) is 23.9 Å². The Morgan fingerprint density at radius 2 is 2.12 bits per heavy atom. The Morgan fingerprint density at radius 1 is 1.38 bits per heavy atom. The van der Waals surface area contributed by atoms with Crippen LogP contribution in [0.15, 0.2) is 23.1 Å². The lowest BCUT2D eigenvalue weighted by Gasteiger charge is -2.27. The molecule has 6 heteroatoms. The van der Waals surface area contributed by atoms with E-state index in [1.54, 1.807) is 6.07 Å². The van der Waals surface area contributed by atoms with Gasteiger partial charge in [0.1, 0.15) is 5.56 Å². The molecule has 1 aromatic heterocycles. The number of hydrogen-bond acceptors (Lipinski definition) is 3. The summed E-state index contributed by atoms with van der Waals surface area (Å²) < 4.78 is 1.86. The quantitative estimate of drug-likeness (QED) is 0.903. The van der Waals surface area contributed by atoms with Gasteiger partial charge in [-0.1, -0.05) is 13.0 Å². The van der Waals surface area contributed by atoms with Crippen LogP contribution in [0.1, 0.15) is 55.1 Å². The molecule has 1 unspecified atom stereocenters. The number of pyridine rings is 1. The van der Waals surface area contributed by atoms with Crippen molar-refractivity contribution in [3.05, 3.63) is 39.7 Å². The largest absolute Gasteiger partial charge is 0.477 e. The van der Waals surface area contributed by atoms with Crippen molar-refractivity contribution in [2.45, 2.75) is 45.6 Å². The molecular formula is C18H20N2O4. The second-order valence-electron chi connectivity index (χ2n) is 6.27. The van der Waals surface area contributed by atoms with Gasteiger partial charge in [-0.2, -0.15) is 0 Å². The third-order valence-corrected chi connectivity index (χ3v) is 4.55. The molecule has 3 rings (SSSR count). The van der Waals surface area contributed by atoms with Gasteiger partial charge in [-0.05, 0) is 37.8 Å². The summed E-state index contributed by atoms with van der Waals surface area (Å²) in [5, 5.41) is 12.4. The number of aromatic nitrogens is 1. The second kappa shape index (κ2) is 6.11. The number of aromatic carboxylic acids is 1. The summed E-state index contributed by atoms with van der Waals surface area (Å²) >= 11 is 0. The zero-order valence-corrected chi connectivity index (χ0v) is 13.8. The van der Waals surface area contributed by atoms with E-state index in [-0.39, 0.29) is 17.5 Å². The lowest BCUT2D eigenvalue weighted by Crippen LogP contribution is -2.25. The first-order valence-corrected chi connectivity index (χ1v) is 8.18. The van der Waals surface area contributed by atoms with Crippen molar-refractivity contribution in [2.24, 2.45) is 0 Å². The first kappa shape index (κ1) is 16.2. The number of benzene rings is 1. The zero-order valence-electron chi connectivity index (χ0n) is 13.8. The highest BCUT2D eigenvalue weighted by Gasteiger charge is 2.24. The molecule has 1 aromatic carbocycles. The number of rotatable bonds is 4. The Labute approximate surface area is 139 Å². The maximum atomic E-state index is 12.7. The van der Waals surface area contributed by atoms with Crippen LogP contribution < -0.4 is 10.7 Å². The molecule has 6 nitrogen and oxygen atoms in total. The summed E-state index contributed by atoms with van der Waals surface area (Å²) in [6.45, 7) is 3.90. The molecule has 0 fully saturated rings. The monoisotopic (exact) mass is 328 g/mol. The van der Waals surface area contributed by atoms with Gasteiger partial charge in [0, 0.05) is 18.7 Å². The minimum Gasteiger partial charge on any atom is -0.477 e. The van der Waals surface area contributed by atoms with Crippen molar-refractivity contribution < 1.29 is 14.7 Å². The van der Waals surface area contributed by atoms with Gasteiger partial charge >= 0.3 is 5.97 Å². The Bertz CT molecular complexity index is 898. The SMILES string of the molecule is CCCC(=O)Nc1ccc2c3c1c(=O)c(C(=O)O)cn3C(C)CC2. The summed E-state index contributed by atoms with van der Waals surface area (Å²) in [6.07, 6.45) is 4.19. The number of carbonyl (C=O) groups excluding carboxylic acids is 1. The second-order valence-corrected chi connectivity index (χ2v) is 6.27. The van der Waals surface area contributed by atoms with Crippen LogP contribution in [-0.4, -0.2) is 21.6 Å². The van der Waals surface area contributed by atoms with E-state index in [0.29, 0.717) is 23.9 Å². The maximum absolute atomic E-state index is 12.7. The molecular weight excluding hydrogens is 308 g/mol. The Morgan fingerprint density at radius 3 is 2.79 bits per heavy atom. The van der Waals surface area contributed by atoms with Crippen molar-refractivity contribution >= 4 is 28.5 Å². The molecule has 2 heterocycles. The van der Waals surface area contributed by atoms with Gasteiger partial charge in [-0.25, -0.2) is 4.79 Å². The smallest absolute Gasteiger partial charge is 0.341 e. The molecule has 126 valence electrons. The fourth-order valence-corrected chi connectivity index (χ4v) is 3.31. The number of carbonyl (C=O) groups is 2. The van der Waals surface area contributed by atoms with Crippen molar-refractivity contribution in [2.75, 3.05) is 5.32 Å². The molecule has 0 aliphatic carbocycles. The van der Waals surface area contributed by atoms with Gasteiger partial charge in [0.05, 0.1) is 16.6 Å². The average molecular weight is 328 g/mol. The lowest BCUT2D eigenvalue weighted by molar-refractivity contribution is -0.116. The van der Waals surface area contributed by atoms with Gasteiger partial charge in [0.25, 0.3) is 0 Å². The van der Waals surface area contributed by atoms with Crippen molar-refractivity contribution in [3.63, 3.8) is 0 Å². The number of carboxylic acid groups (broad SMARTS) is 1. The Balaban J connectivity index is 2.32. The maximum Gasteiger partial charge on any atom is 0.341 e. The van der Waals surface area contributed by atoms with E-state index in [1.807, 2.05) is 24.5 Å². The molecule has 0 spiro atoms. The van der Waals surface area contributed by atoms with E-state index in [2.05, 4.69) is 5.32 Å². The lowest BCUT2D eigenvalue weighted by atomic mass is 9.95. The van der Waals surface area contributed by atoms with Crippen molar-refractivity contribution in [1.82, 2.24) is 4.57 Å². The normalized spacial score (nSPS) is 16.2. The number of anilines is 1. The molecule has 1 atom stereocenters. The summed E-state index contributed by atoms with van der Waals surface area (Å²) in [5.41, 5.74) is 1.32. The third-order valence-electron chi connectivity index (χ3n) is 4.55. The Kier molecular flexibility index (Phi) is 4.13. The van der Waals surface area contributed by atoms with E-state index in [4.69, 9.17) is 0 Å². The molecule has 24 heavy (non-hydrogen) atoms. The predicted octanol–water partition coefficient (Wildman–Crippen LogP) is 2.95. The van der Waals surface area contributed by atoms with Crippen LogP contribution in [-0.2, 0) is 11.2 Å². The molecule has 0 radical (unpaired) electrons. The first-order valence-electron chi connectivity index (χ1n) is 8.18. The zero-order chi connectivity index (χ0) is 17.4. The summed E-state index contributed by atoms with van der Waals surface area (Å²) in [4.78, 5) is 36.2. The standard InChI is InChI=1S/C18H20N2O4/c1-3-4-14(21)19-13-8-7-11-6-5-10(2)20-9-12(18(23)24)17(22)15(13)16(11)20/h7-10H,3-6H2,1-2H3,(H,19,21)(H,23,24). The number of nitrogens with zero attached hydrogens (tertiary/aromatic N) is 1. The number of aryl methyl sites for hydroxylation is 1. The molecule has 1 aliphatic rings. The fraction of sp³-hybridized carbons (Fsp3) is 0.389. The minimum atomic E-state index is -1.25. The fourth-order valence-electron chi connectivity index (χ4n) is 3.31. The van der Waals surface area contributed by atoms with Crippen LogP contribution in [0, 0.1) is 0 Å². The van der Waals surface area contributed by atoms with Crippen LogP contribution in [0.4, 0.5) is 5.69 Å². The summed E-state index contributed by atoms with van der Waals surface area (Å²) in [6, 6.07) is 3.71. The van der Waals surface area contributed by atoms with Crippen LogP contribution in [0.5, 0.6) is 0 Å². The molecule has 2 aromatic rings. The molecule has 0 saturated carbocycles. The highest BCUT2D eigenvalue weighted by Crippen LogP contribution is 2.33. The number of amides is 1. The summed E-state index contributed by atoms with van der Waals surface area (Å²) in [5.74, 6) is -1.43. The molecule has 0 bridgehead atoms. The van der Waals surface area contributed by atoms with Gasteiger partial charge in [0.15, 0.2) is 0 Å². The minimum absolute atomic E-state index is 0.0975. The number of nitrogens with one attached hydrogen (secondary N) is 1. The molecule has 0 saturated heterocycles. The van der Waals surface area contributed by atoms with Crippen molar-refractivity contribution in [3.8, 4) is 0 Å². The van der Waals surface area contributed by atoms with Crippen LogP contribution >= 0.6 is 0 Å². The predicted molar refractivity (Wildman–Crippen MR) is 91.7 cm³/mol. The van der Waals surface area contributed by atoms with Crippen molar-refractivity contribution in [1.29, 1.82) is 0 Å². The van der Waals surface area contributed by atoms with Gasteiger partial charge in [-0.15, -0.1) is 0 Å². The highest BCUT2D eigenvalue weighted by atomic mass is 16.4. The van der Waals surface area contributed by atoms with Gasteiger partial charge in [-0.3, -0.25) is 9.59 Å². The molecule has 1 amide bonds. The van der Waals surface area contributed by atoms with E-state index in [9.17, 15) is 19.5 Å². The van der Waals surface area contributed by atoms with E-state index >= 15 is 0 Å². The van der Waals surface area contributed by atoms with Crippen LogP contribution in [0.2, 0.25) is 0 Å². The summed E-state index contributed by atoms with van der Waals surface area (Å²) in [7, 11) is 0. The third kappa shape index (κ3) is 2.58. The topological polar surface area (TPSA) is 88.4 Å². The number of carboxylic acids is 1. The van der Waals surface area contributed by atoms with Crippen LogP contribution in [0.3, 0.4) is 0 Å². The average Bonchev–Trinajstić information content (AvgIpc) is 2.53. The van der Waals surface area contributed by atoms with E-state index in [1.165, 1.54) is 6.20 Å². The van der Waals surface area contributed by atoms with E-state index < -0.39 is 11.4 Å².